The third-order valence-electron chi connectivity index (χ3n) is 1.75. The van der Waals surface area contributed by atoms with Gasteiger partial charge >= 0.3 is 0 Å². The first kappa shape index (κ1) is 13.4. The van der Waals surface area contributed by atoms with E-state index in [1.807, 2.05) is 0 Å². The lowest BCUT2D eigenvalue weighted by atomic mass is 10.1. The second-order valence-electron chi connectivity index (χ2n) is 3.57. The third-order valence-corrected chi connectivity index (χ3v) is 1.75. The van der Waals surface area contributed by atoms with E-state index in [0.29, 0.717) is 13.2 Å². The summed E-state index contributed by atoms with van der Waals surface area (Å²) in [4.78, 5) is 12.9. The topological polar surface area (TPSA) is 70.0 Å². The monoisotopic (exact) mass is 205 g/mol. The van der Waals surface area contributed by atoms with Gasteiger partial charge in [0.2, 0.25) is 0 Å². The minimum absolute atomic E-state index is 0.120. The SMILES string of the molecule is COCCN(CCO)C(=O)C(C)(C)O. The molecule has 0 saturated carbocycles. The van der Waals surface area contributed by atoms with Crippen molar-refractivity contribution < 1.29 is 19.7 Å². The van der Waals surface area contributed by atoms with E-state index in [1.165, 1.54) is 25.9 Å². The van der Waals surface area contributed by atoms with Gasteiger partial charge < -0.3 is 19.8 Å². The molecule has 14 heavy (non-hydrogen) atoms. The molecule has 0 radical (unpaired) electrons. The minimum atomic E-state index is -1.40. The number of amides is 1. The molecule has 0 heterocycles. The van der Waals surface area contributed by atoms with E-state index in [0.717, 1.165) is 0 Å². The van der Waals surface area contributed by atoms with Crippen LogP contribution in [0.1, 0.15) is 13.8 Å². The molecule has 0 aromatic rings. The Morgan fingerprint density at radius 3 is 2.36 bits per heavy atom. The Balaban J connectivity index is 4.25. The Labute approximate surface area is 84.3 Å². The van der Waals surface area contributed by atoms with Crippen LogP contribution in [-0.4, -0.2) is 60.0 Å². The van der Waals surface area contributed by atoms with Crippen LogP contribution in [0.2, 0.25) is 0 Å². The van der Waals surface area contributed by atoms with Crippen LogP contribution in [-0.2, 0) is 9.53 Å². The van der Waals surface area contributed by atoms with Crippen LogP contribution in [0.4, 0.5) is 0 Å². The van der Waals surface area contributed by atoms with Gasteiger partial charge in [-0.2, -0.15) is 0 Å². The van der Waals surface area contributed by atoms with Crippen LogP contribution in [0.15, 0.2) is 0 Å². The van der Waals surface area contributed by atoms with E-state index in [-0.39, 0.29) is 13.2 Å². The molecule has 84 valence electrons. The van der Waals surface area contributed by atoms with Gasteiger partial charge in [0.25, 0.3) is 5.91 Å². The fraction of sp³-hybridized carbons (Fsp3) is 0.889. The first-order valence-corrected chi connectivity index (χ1v) is 4.55. The van der Waals surface area contributed by atoms with Crippen molar-refractivity contribution in [3.05, 3.63) is 0 Å². The number of methoxy groups -OCH3 is 1. The molecule has 0 aliphatic rings. The standard InChI is InChI=1S/C9H19NO4/c1-9(2,13)8(12)10(4-6-11)5-7-14-3/h11,13H,4-7H2,1-3H3. The summed E-state index contributed by atoms with van der Waals surface area (Å²) in [7, 11) is 1.53. The Bertz CT molecular complexity index is 176. The molecule has 0 spiro atoms. The van der Waals surface area contributed by atoms with Gasteiger partial charge in [0.1, 0.15) is 5.60 Å². The van der Waals surface area contributed by atoms with E-state index < -0.39 is 11.5 Å². The second-order valence-corrected chi connectivity index (χ2v) is 3.57. The average molecular weight is 205 g/mol. The molecule has 0 unspecified atom stereocenters. The van der Waals surface area contributed by atoms with Gasteiger partial charge in [-0.3, -0.25) is 4.79 Å². The maximum absolute atomic E-state index is 11.6. The van der Waals surface area contributed by atoms with Gasteiger partial charge in [-0.15, -0.1) is 0 Å². The highest BCUT2D eigenvalue weighted by Gasteiger charge is 2.28. The molecule has 0 fully saturated rings. The molecule has 0 aromatic heterocycles. The van der Waals surface area contributed by atoms with E-state index in [1.54, 1.807) is 0 Å². The number of carbonyl (C=O) groups excluding carboxylic acids is 1. The molecular weight excluding hydrogens is 186 g/mol. The predicted molar refractivity (Wildman–Crippen MR) is 51.8 cm³/mol. The van der Waals surface area contributed by atoms with Crippen molar-refractivity contribution in [2.24, 2.45) is 0 Å². The van der Waals surface area contributed by atoms with Gasteiger partial charge in [0.15, 0.2) is 0 Å². The van der Waals surface area contributed by atoms with Crippen LogP contribution in [0.5, 0.6) is 0 Å². The smallest absolute Gasteiger partial charge is 0.254 e. The summed E-state index contributed by atoms with van der Waals surface area (Å²) in [5.41, 5.74) is -1.40. The van der Waals surface area contributed by atoms with Crippen LogP contribution >= 0.6 is 0 Å². The Hall–Kier alpha value is -0.650. The third kappa shape index (κ3) is 4.55. The molecule has 0 saturated heterocycles. The number of aliphatic hydroxyl groups is 2. The molecule has 0 aliphatic heterocycles. The molecular formula is C9H19NO4. The Morgan fingerprint density at radius 2 is 2.00 bits per heavy atom. The first-order valence-electron chi connectivity index (χ1n) is 4.55. The van der Waals surface area contributed by atoms with Crippen LogP contribution in [0.3, 0.4) is 0 Å². The van der Waals surface area contributed by atoms with Gasteiger partial charge in [0.05, 0.1) is 13.2 Å². The number of nitrogens with zero attached hydrogens (tertiary/aromatic N) is 1. The predicted octanol–water partition coefficient (Wildman–Crippen LogP) is -0.775. The highest BCUT2D eigenvalue weighted by molar-refractivity contribution is 5.84. The molecule has 0 aromatic carbocycles. The quantitative estimate of drug-likeness (QED) is 0.597. The van der Waals surface area contributed by atoms with Crippen molar-refractivity contribution in [1.29, 1.82) is 0 Å². The number of ether oxygens (including phenoxy) is 1. The fourth-order valence-electron chi connectivity index (χ4n) is 1.02. The summed E-state index contributed by atoms with van der Waals surface area (Å²) in [5, 5.41) is 18.2. The summed E-state index contributed by atoms with van der Waals surface area (Å²) in [6.45, 7) is 3.71. The summed E-state index contributed by atoms with van der Waals surface area (Å²) >= 11 is 0. The van der Waals surface area contributed by atoms with Crippen molar-refractivity contribution in [2.45, 2.75) is 19.4 Å². The van der Waals surface area contributed by atoms with Gasteiger partial charge in [-0.1, -0.05) is 0 Å². The zero-order valence-electron chi connectivity index (χ0n) is 8.99. The number of aliphatic hydroxyl groups excluding tert-OH is 1. The molecule has 0 bridgehead atoms. The fourth-order valence-corrected chi connectivity index (χ4v) is 1.02. The van der Waals surface area contributed by atoms with Crippen LogP contribution in [0, 0.1) is 0 Å². The summed E-state index contributed by atoms with van der Waals surface area (Å²) in [5.74, 6) is -0.399. The molecule has 1 amide bonds. The number of carbonyl (C=O) groups is 1. The second kappa shape index (κ2) is 5.95. The van der Waals surface area contributed by atoms with Gasteiger partial charge in [-0.05, 0) is 13.8 Å². The highest BCUT2D eigenvalue weighted by Crippen LogP contribution is 2.06. The van der Waals surface area contributed by atoms with Crippen molar-refractivity contribution >= 4 is 5.91 Å². The lowest BCUT2D eigenvalue weighted by Gasteiger charge is -2.27. The lowest BCUT2D eigenvalue weighted by Crippen LogP contribution is -2.47. The lowest BCUT2D eigenvalue weighted by molar-refractivity contribution is -0.149. The molecule has 0 rings (SSSR count). The Morgan fingerprint density at radius 1 is 1.43 bits per heavy atom. The summed E-state index contributed by atoms with van der Waals surface area (Å²) < 4.78 is 4.82. The number of rotatable bonds is 6. The maximum atomic E-state index is 11.6. The van der Waals surface area contributed by atoms with Crippen molar-refractivity contribution in [3.8, 4) is 0 Å². The van der Waals surface area contributed by atoms with Crippen LogP contribution < -0.4 is 0 Å². The van der Waals surface area contributed by atoms with Gasteiger partial charge in [-0.25, -0.2) is 0 Å². The molecule has 0 aliphatic carbocycles. The largest absolute Gasteiger partial charge is 0.395 e. The zero-order valence-corrected chi connectivity index (χ0v) is 8.99. The van der Waals surface area contributed by atoms with Crippen LogP contribution in [0.25, 0.3) is 0 Å². The first-order chi connectivity index (χ1) is 6.43. The maximum Gasteiger partial charge on any atom is 0.254 e. The molecule has 5 nitrogen and oxygen atoms in total. The van der Waals surface area contributed by atoms with E-state index in [2.05, 4.69) is 0 Å². The van der Waals surface area contributed by atoms with E-state index >= 15 is 0 Å². The van der Waals surface area contributed by atoms with Crippen molar-refractivity contribution in [3.63, 3.8) is 0 Å². The van der Waals surface area contributed by atoms with Crippen molar-refractivity contribution in [1.82, 2.24) is 4.90 Å². The summed E-state index contributed by atoms with van der Waals surface area (Å²) in [6.07, 6.45) is 0. The minimum Gasteiger partial charge on any atom is -0.395 e. The van der Waals surface area contributed by atoms with E-state index in [4.69, 9.17) is 9.84 Å². The normalized spacial score (nSPS) is 11.5. The number of hydrogen-bond acceptors (Lipinski definition) is 4. The molecule has 2 N–H and O–H groups in total. The van der Waals surface area contributed by atoms with Crippen molar-refractivity contribution in [2.75, 3.05) is 33.4 Å². The van der Waals surface area contributed by atoms with E-state index in [9.17, 15) is 9.90 Å². The van der Waals surface area contributed by atoms with Gasteiger partial charge in [0, 0.05) is 20.2 Å². The average Bonchev–Trinajstić information content (AvgIpc) is 2.09. The summed E-state index contributed by atoms with van der Waals surface area (Å²) in [6, 6.07) is 0. The molecule has 0 atom stereocenters. The number of hydrogen-bond donors (Lipinski definition) is 2. The highest BCUT2D eigenvalue weighted by atomic mass is 16.5. The molecule has 5 heteroatoms. The Kier molecular flexibility index (Phi) is 5.68. The zero-order chi connectivity index (χ0) is 11.2.